The van der Waals surface area contributed by atoms with E-state index in [4.69, 9.17) is 4.42 Å². The maximum Gasteiger partial charge on any atom is 0.181 e. The molecule has 0 unspecified atom stereocenters. The Kier molecular flexibility index (Phi) is 2.10. The minimum atomic E-state index is 0.547. The van der Waals surface area contributed by atoms with E-state index in [0.29, 0.717) is 17.0 Å². The molecule has 0 aromatic carbocycles. The number of pyridine rings is 1. The van der Waals surface area contributed by atoms with Gasteiger partial charge in [0, 0.05) is 11.8 Å². The molecule has 2 aromatic heterocycles. The first kappa shape index (κ1) is 8.62. The number of aryl methyl sites for hydroxylation is 1. The van der Waals surface area contributed by atoms with E-state index in [1.165, 1.54) is 12.6 Å². The van der Waals surface area contributed by atoms with Crippen molar-refractivity contribution in [2.45, 2.75) is 6.92 Å². The molecular formula is C10H8N2O2. The molecule has 0 bridgehead atoms. The summed E-state index contributed by atoms with van der Waals surface area (Å²) in [5.74, 6) is 0.641. The van der Waals surface area contributed by atoms with E-state index in [1.54, 1.807) is 12.1 Å². The molecule has 4 heteroatoms. The van der Waals surface area contributed by atoms with Gasteiger partial charge in [-0.25, -0.2) is 4.98 Å². The third-order valence-electron chi connectivity index (χ3n) is 1.90. The molecule has 2 heterocycles. The van der Waals surface area contributed by atoms with Gasteiger partial charge in [0.25, 0.3) is 0 Å². The van der Waals surface area contributed by atoms with Gasteiger partial charge in [-0.05, 0) is 19.1 Å². The van der Waals surface area contributed by atoms with Gasteiger partial charge in [-0.15, -0.1) is 0 Å². The summed E-state index contributed by atoms with van der Waals surface area (Å²) in [5, 5.41) is 0. The van der Waals surface area contributed by atoms with Crippen LogP contribution in [0.2, 0.25) is 0 Å². The fourth-order valence-corrected chi connectivity index (χ4v) is 1.16. The maximum absolute atomic E-state index is 10.4. The highest BCUT2D eigenvalue weighted by Crippen LogP contribution is 2.19. The molecule has 0 atom stereocenters. The Morgan fingerprint density at radius 2 is 2.21 bits per heavy atom. The third kappa shape index (κ3) is 1.42. The van der Waals surface area contributed by atoms with Crippen molar-refractivity contribution in [1.82, 2.24) is 9.97 Å². The predicted octanol–water partition coefficient (Wildman–Crippen LogP) is 1.86. The van der Waals surface area contributed by atoms with Gasteiger partial charge in [-0.2, -0.15) is 0 Å². The highest BCUT2D eigenvalue weighted by Gasteiger charge is 2.07. The zero-order valence-corrected chi connectivity index (χ0v) is 7.60. The van der Waals surface area contributed by atoms with E-state index in [9.17, 15) is 4.79 Å². The minimum absolute atomic E-state index is 0.547. The van der Waals surface area contributed by atoms with Crippen molar-refractivity contribution in [1.29, 1.82) is 0 Å². The summed E-state index contributed by atoms with van der Waals surface area (Å²) in [6.45, 7) is 1.84. The van der Waals surface area contributed by atoms with E-state index in [0.717, 1.165) is 12.0 Å². The molecule has 70 valence electrons. The lowest BCUT2D eigenvalue weighted by atomic mass is 10.2. The number of rotatable bonds is 2. The van der Waals surface area contributed by atoms with Crippen LogP contribution in [0.4, 0.5) is 0 Å². The van der Waals surface area contributed by atoms with Crippen LogP contribution in [0.1, 0.15) is 16.1 Å². The first-order valence-corrected chi connectivity index (χ1v) is 4.13. The number of carbonyl (C=O) groups is 1. The molecule has 0 saturated carbocycles. The van der Waals surface area contributed by atoms with Gasteiger partial charge in [0.15, 0.2) is 18.4 Å². The van der Waals surface area contributed by atoms with Crippen LogP contribution in [0, 0.1) is 6.92 Å². The zero-order valence-electron chi connectivity index (χ0n) is 7.60. The summed E-state index contributed by atoms with van der Waals surface area (Å²) in [6, 6.07) is 3.43. The lowest BCUT2D eigenvalue weighted by Gasteiger charge is -1.96. The number of hydrogen-bond acceptors (Lipinski definition) is 4. The molecule has 4 nitrogen and oxygen atoms in total. The first-order valence-electron chi connectivity index (χ1n) is 4.13. The van der Waals surface area contributed by atoms with Crippen LogP contribution >= 0.6 is 0 Å². The van der Waals surface area contributed by atoms with E-state index in [-0.39, 0.29) is 0 Å². The summed E-state index contributed by atoms with van der Waals surface area (Å²) in [4.78, 5) is 18.4. The second-order valence-electron chi connectivity index (χ2n) is 2.86. The van der Waals surface area contributed by atoms with Crippen molar-refractivity contribution >= 4 is 6.29 Å². The van der Waals surface area contributed by atoms with Gasteiger partial charge in [0.2, 0.25) is 0 Å². The Balaban J connectivity index is 2.43. The molecule has 0 aliphatic carbocycles. The minimum Gasteiger partial charge on any atom is -0.442 e. The molecule has 0 amide bonds. The number of carbonyl (C=O) groups excluding carboxylic acids is 1. The number of oxazole rings is 1. The van der Waals surface area contributed by atoms with Crippen LogP contribution < -0.4 is 0 Å². The van der Waals surface area contributed by atoms with Crippen molar-refractivity contribution in [3.05, 3.63) is 36.0 Å². The molecule has 0 fully saturated rings. The summed E-state index contributed by atoms with van der Waals surface area (Å²) < 4.78 is 5.16. The molecule has 0 radical (unpaired) electrons. The smallest absolute Gasteiger partial charge is 0.181 e. The Morgan fingerprint density at radius 1 is 1.36 bits per heavy atom. The Labute approximate surface area is 80.6 Å². The molecule has 14 heavy (non-hydrogen) atoms. The van der Waals surface area contributed by atoms with Gasteiger partial charge in [-0.3, -0.25) is 9.78 Å². The lowest BCUT2D eigenvalue weighted by Crippen LogP contribution is -1.86. The van der Waals surface area contributed by atoms with Gasteiger partial charge in [0.1, 0.15) is 5.69 Å². The van der Waals surface area contributed by atoms with E-state index in [1.807, 2.05) is 6.92 Å². The van der Waals surface area contributed by atoms with Crippen molar-refractivity contribution in [2.24, 2.45) is 0 Å². The number of aromatic nitrogens is 2. The van der Waals surface area contributed by atoms with Crippen molar-refractivity contribution < 1.29 is 9.21 Å². The van der Waals surface area contributed by atoms with E-state index < -0.39 is 0 Å². The van der Waals surface area contributed by atoms with Crippen LogP contribution in [0.5, 0.6) is 0 Å². The van der Waals surface area contributed by atoms with Gasteiger partial charge < -0.3 is 4.42 Å². The zero-order chi connectivity index (χ0) is 9.97. The predicted molar refractivity (Wildman–Crippen MR) is 49.9 cm³/mol. The summed E-state index contributed by atoms with van der Waals surface area (Å²) >= 11 is 0. The lowest BCUT2D eigenvalue weighted by molar-refractivity contribution is 0.112. The molecule has 0 aliphatic rings. The van der Waals surface area contributed by atoms with Crippen LogP contribution in [0.3, 0.4) is 0 Å². The third-order valence-corrected chi connectivity index (χ3v) is 1.90. The van der Waals surface area contributed by atoms with Crippen molar-refractivity contribution in [2.75, 3.05) is 0 Å². The van der Waals surface area contributed by atoms with Crippen molar-refractivity contribution in [3.63, 3.8) is 0 Å². The normalized spacial score (nSPS) is 10.1. The van der Waals surface area contributed by atoms with Crippen LogP contribution in [-0.4, -0.2) is 16.3 Å². The molecule has 0 saturated heterocycles. The highest BCUT2D eigenvalue weighted by atomic mass is 16.3. The van der Waals surface area contributed by atoms with Gasteiger partial charge >= 0.3 is 0 Å². The highest BCUT2D eigenvalue weighted by molar-refractivity contribution is 5.74. The molecule has 0 spiro atoms. The van der Waals surface area contributed by atoms with Gasteiger partial charge in [-0.1, -0.05) is 0 Å². The second kappa shape index (κ2) is 3.41. The monoisotopic (exact) mass is 188 g/mol. The van der Waals surface area contributed by atoms with E-state index in [2.05, 4.69) is 9.97 Å². The second-order valence-corrected chi connectivity index (χ2v) is 2.86. The van der Waals surface area contributed by atoms with E-state index >= 15 is 0 Å². The van der Waals surface area contributed by atoms with Gasteiger partial charge in [0.05, 0.1) is 5.69 Å². The fourth-order valence-electron chi connectivity index (χ4n) is 1.16. The van der Waals surface area contributed by atoms with Crippen LogP contribution in [0.15, 0.2) is 29.1 Å². The average Bonchev–Trinajstić information content (AvgIpc) is 2.65. The topological polar surface area (TPSA) is 56.0 Å². The fraction of sp³-hybridized carbons (Fsp3) is 0.100. The van der Waals surface area contributed by atoms with Crippen LogP contribution in [0.25, 0.3) is 11.5 Å². The standard InChI is InChI=1S/C10H8N2O2/c1-7-10(14-6-12-7)9-3-2-8(5-13)4-11-9/h2-6H,1H3. The Morgan fingerprint density at radius 3 is 2.71 bits per heavy atom. The summed E-state index contributed by atoms with van der Waals surface area (Å²) in [7, 11) is 0. The number of aldehydes is 1. The molecule has 0 aliphatic heterocycles. The molecule has 0 N–H and O–H groups in total. The SMILES string of the molecule is Cc1ncoc1-c1ccc(C=O)cn1. The molecular weight excluding hydrogens is 180 g/mol. The first-order chi connectivity index (χ1) is 6.81. The molecule has 2 rings (SSSR count). The number of nitrogens with zero attached hydrogens (tertiary/aromatic N) is 2. The summed E-state index contributed by atoms with van der Waals surface area (Å²) in [5.41, 5.74) is 2.02. The van der Waals surface area contributed by atoms with Crippen LogP contribution in [-0.2, 0) is 0 Å². The Bertz CT molecular complexity index is 445. The average molecular weight is 188 g/mol. The van der Waals surface area contributed by atoms with Crippen molar-refractivity contribution in [3.8, 4) is 11.5 Å². The Hall–Kier alpha value is -1.97. The maximum atomic E-state index is 10.4. The largest absolute Gasteiger partial charge is 0.442 e. The molecule has 2 aromatic rings. The quantitative estimate of drug-likeness (QED) is 0.675. The number of hydrogen-bond donors (Lipinski definition) is 0. The summed E-state index contributed by atoms with van der Waals surface area (Å²) in [6.07, 6.45) is 3.63.